The Labute approximate surface area is 99.2 Å². The molecule has 1 amide bonds. The molecule has 1 saturated carbocycles. The molecule has 0 spiro atoms. The van der Waals surface area contributed by atoms with Crippen LogP contribution >= 0.6 is 0 Å². The van der Waals surface area contributed by atoms with Gasteiger partial charge in [0, 0.05) is 25.1 Å². The number of amides is 1. The summed E-state index contributed by atoms with van der Waals surface area (Å²) in [5.74, 6) is 0.556. The Hall–Kier alpha value is -1.91. The molecule has 2 rings (SSSR count). The van der Waals surface area contributed by atoms with Crippen molar-refractivity contribution < 1.29 is 9.72 Å². The van der Waals surface area contributed by atoms with Crippen molar-refractivity contribution in [1.82, 2.24) is 0 Å². The van der Waals surface area contributed by atoms with Gasteiger partial charge in [0.2, 0.25) is 5.91 Å². The molecule has 0 aromatic heterocycles. The zero-order valence-electron chi connectivity index (χ0n) is 9.79. The van der Waals surface area contributed by atoms with E-state index < -0.39 is 4.92 Å². The summed E-state index contributed by atoms with van der Waals surface area (Å²) in [6.45, 7) is 2.03. The topological polar surface area (TPSA) is 63.5 Å². The summed E-state index contributed by atoms with van der Waals surface area (Å²) in [6, 6.07) is 6.14. The SMILES string of the molecule is C[C@H]1C[C@@H]1C(=O)N(C)c1cccc([N+](=O)[O-])c1. The Kier molecular flexibility index (Phi) is 2.83. The van der Waals surface area contributed by atoms with Gasteiger partial charge in [0.25, 0.3) is 5.69 Å². The van der Waals surface area contributed by atoms with Crippen LogP contribution in [0.2, 0.25) is 0 Å². The highest BCUT2D eigenvalue weighted by Gasteiger charge is 2.41. The van der Waals surface area contributed by atoms with Crippen molar-refractivity contribution in [3.63, 3.8) is 0 Å². The van der Waals surface area contributed by atoms with Crippen molar-refractivity contribution in [1.29, 1.82) is 0 Å². The molecule has 1 aliphatic rings. The maximum absolute atomic E-state index is 12.0. The van der Waals surface area contributed by atoms with E-state index in [1.54, 1.807) is 19.2 Å². The number of anilines is 1. The average Bonchev–Trinajstić information content (AvgIpc) is 3.04. The van der Waals surface area contributed by atoms with Gasteiger partial charge in [0.1, 0.15) is 0 Å². The molecule has 0 heterocycles. The number of carbonyl (C=O) groups excluding carboxylic acids is 1. The Balaban J connectivity index is 2.18. The molecule has 0 saturated heterocycles. The first-order valence-corrected chi connectivity index (χ1v) is 5.52. The Morgan fingerprint density at radius 1 is 1.53 bits per heavy atom. The molecule has 0 bridgehead atoms. The summed E-state index contributed by atoms with van der Waals surface area (Å²) in [7, 11) is 1.66. The number of hydrogen-bond donors (Lipinski definition) is 0. The molecule has 2 atom stereocenters. The van der Waals surface area contributed by atoms with Gasteiger partial charge in [-0.05, 0) is 18.4 Å². The summed E-state index contributed by atoms with van der Waals surface area (Å²) < 4.78 is 0. The molecular weight excluding hydrogens is 220 g/mol. The fourth-order valence-corrected chi connectivity index (χ4v) is 1.86. The molecular formula is C12H14N2O3. The largest absolute Gasteiger partial charge is 0.315 e. The Morgan fingerprint density at radius 2 is 2.18 bits per heavy atom. The number of rotatable bonds is 3. The number of hydrogen-bond acceptors (Lipinski definition) is 3. The van der Waals surface area contributed by atoms with E-state index >= 15 is 0 Å². The monoisotopic (exact) mass is 234 g/mol. The second-order valence-corrected chi connectivity index (χ2v) is 4.49. The number of nitro benzene ring substituents is 1. The Bertz CT molecular complexity index is 473. The van der Waals surface area contributed by atoms with E-state index in [4.69, 9.17) is 0 Å². The first kappa shape index (κ1) is 11.6. The van der Waals surface area contributed by atoms with Gasteiger partial charge in [-0.2, -0.15) is 0 Å². The highest BCUT2D eigenvalue weighted by molar-refractivity contribution is 5.96. The van der Waals surface area contributed by atoms with Crippen LogP contribution in [0.15, 0.2) is 24.3 Å². The lowest BCUT2D eigenvalue weighted by atomic mass is 10.2. The second kappa shape index (κ2) is 4.16. The predicted molar refractivity (Wildman–Crippen MR) is 63.8 cm³/mol. The van der Waals surface area contributed by atoms with Crippen molar-refractivity contribution in [2.75, 3.05) is 11.9 Å². The van der Waals surface area contributed by atoms with E-state index in [0.717, 1.165) is 6.42 Å². The standard InChI is InChI=1S/C12H14N2O3/c1-8-6-11(8)12(15)13(2)9-4-3-5-10(7-9)14(16)17/h3-5,7-8,11H,6H2,1-2H3/t8-,11-/m0/s1. The quantitative estimate of drug-likeness (QED) is 0.595. The van der Waals surface area contributed by atoms with Gasteiger partial charge in [0.05, 0.1) is 10.6 Å². The number of nitro groups is 1. The Morgan fingerprint density at radius 3 is 2.71 bits per heavy atom. The molecule has 1 aromatic carbocycles. The van der Waals surface area contributed by atoms with Crippen LogP contribution in [0.5, 0.6) is 0 Å². The van der Waals surface area contributed by atoms with E-state index in [1.807, 2.05) is 6.92 Å². The highest BCUT2D eigenvalue weighted by atomic mass is 16.6. The second-order valence-electron chi connectivity index (χ2n) is 4.49. The normalized spacial score (nSPS) is 22.0. The molecule has 17 heavy (non-hydrogen) atoms. The van der Waals surface area contributed by atoms with E-state index in [-0.39, 0.29) is 17.5 Å². The average molecular weight is 234 g/mol. The molecule has 0 radical (unpaired) electrons. The van der Waals surface area contributed by atoms with E-state index in [2.05, 4.69) is 0 Å². The fraction of sp³-hybridized carbons (Fsp3) is 0.417. The first-order chi connectivity index (χ1) is 8.00. The maximum Gasteiger partial charge on any atom is 0.271 e. The maximum atomic E-state index is 12.0. The van der Waals surface area contributed by atoms with Crippen LogP contribution in [-0.2, 0) is 4.79 Å². The van der Waals surface area contributed by atoms with Crippen LogP contribution in [0.3, 0.4) is 0 Å². The molecule has 0 aliphatic heterocycles. The minimum atomic E-state index is -0.457. The third-order valence-electron chi connectivity index (χ3n) is 3.19. The lowest BCUT2D eigenvalue weighted by molar-refractivity contribution is -0.384. The molecule has 90 valence electrons. The smallest absolute Gasteiger partial charge is 0.271 e. The third kappa shape index (κ3) is 2.27. The molecule has 1 fully saturated rings. The summed E-state index contributed by atoms with van der Waals surface area (Å²) in [5.41, 5.74) is 0.578. The van der Waals surface area contributed by atoms with Crippen molar-refractivity contribution in [3.8, 4) is 0 Å². The molecule has 5 nitrogen and oxygen atoms in total. The number of carbonyl (C=O) groups is 1. The van der Waals surface area contributed by atoms with Gasteiger partial charge in [-0.25, -0.2) is 0 Å². The molecule has 0 N–H and O–H groups in total. The van der Waals surface area contributed by atoms with Crippen molar-refractivity contribution >= 4 is 17.3 Å². The van der Waals surface area contributed by atoms with E-state index in [1.165, 1.54) is 17.0 Å². The number of benzene rings is 1. The van der Waals surface area contributed by atoms with Crippen LogP contribution in [0.4, 0.5) is 11.4 Å². The van der Waals surface area contributed by atoms with Gasteiger partial charge < -0.3 is 4.90 Å². The van der Waals surface area contributed by atoms with E-state index in [0.29, 0.717) is 11.6 Å². The number of non-ortho nitro benzene ring substituents is 1. The van der Waals surface area contributed by atoms with Crippen molar-refractivity contribution in [3.05, 3.63) is 34.4 Å². The first-order valence-electron chi connectivity index (χ1n) is 5.52. The summed E-state index contributed by atoms with van der Waals surface area (Å²) >= 11 is 0. The molecule has 1 aromatic rings. The van der Waals surface area contributed by atoms with Gasteiger partial charge >= 0.3 is 0 Å². The molecule has 5 heteroatoms. The third-order valence-corrected chi connectivity index (χ3v) is 3.19. The zero-order valence-corrected chi connectivity index (χ0v) is 9.79. The number of nitrogens with zero attached hydrogens (tertiary/aromatic N) is 2. The van der Waals surface area contributed by atoms with Crippen LogP contribution in [0.1, 0.15) is 13.3 Å². The summed E-state index contributed by atoms with van der Waals surface area (Å²) in [6.07, 6.45) is 0.915. The van der Waals surface area contributed by atoms with Crippen molar-refractivity contribution in [2.45, 2.75) is 13.3 Å². The molecule has 1 aliphatic carbocycles. The van der Waals surface area contributed by atoms with Crippen LogP contribution in [0, 0.1) is 22.0 Å². The lowest BCUT2D eigenvalue weighted by Crippen LogP contribution is -2.28. The summed E-state index contributed by atoms with van der Waals surface area (Å²) in [5, 5.41) is 10.6. The van der Waals surface area contributed by atoms with Gasteiger partial charge in [-0.1, -0.05) is 13.0 Å². The van der Waals surface area contributed by atoms with Gasteiger partial charge in [-0.3, -0.25) is 14.9 Å². The van der Waals surface area contributed by atoms with Gasteiger partial charge in [-0.15, -0.1) is 0 Å². The predicted octanol–water partition coefficient (Wildman–Crippen LogP) is 2.21. The zero-order chi connectivity index (χ0) is 12.6. The van der Waals surface area contributed by atoms with E-state index in [9.17, 15) is 14.9 Å². The summed E-state index contributed by atoms with van der Waals surface area (Å²) in [4.78, 5) is 23.6. The van der Waals surface area contributed by atoms with Crippen molar-refractivity contribution in [2.24, 2.45) is 11.8 Å². The van der Waals surface area contributed by atoms with Crippen LogP contribution in [0.25, 0.3) is 0 Å². The van der Waals surface area contributed by atoms with Gasteiger partial charge in [0.15, 0.2) is 0 Å². The highest BCUT2D eigenvalue weighted by Crippen LogP contribution is 2.39. The molecule has 0 unspecified atom stereocenters. The fourth-order valence-electron chi connectivity index (χ4n) is 1.86. The lowest BCUT2D eigenvalue weighted by Gasteiger charge is -2.16. The van der Waals surface area contributed by atoms with Crippen LogP contribution < -0.4 is 4.90 Å². The minimum Gasteiger partial charge on any atom is -0.315 e. The van der Waals surface area contributed by atoms with Crippen LogP contribution in [-0.4, -0.2) is 17.9 Å². The minimum absolute atomic E-state index is 0.00555.